The van der Waals surface area contributed by atoms with E-state index in [9.17, 15) is 0 Å². The number of nitrogens with zero attached hydrogens (tertiary/aromatic N) is 1. The molecule has 1 aromatic heterocycles. The van der Waals surface area contributed by atoms with Gasteiger partial charge in [-0.1, -0.05) is 24.3 Å². The highest BCUT2D eigenvalue weighted by Gasteiger charge is 1.99. The number of thioether (sulfide) groups is 1. The van der Waals surface area contributed by atoms with Gasteiger partial charge >= 0.3 is 0 Å². The van der Waals surface area contributed by atoms with E-state index in [2.05, 4.69) is 42.2 Å². The summed E-state index contributed by atoms with van der Waals surface area (Å²) < 4.78 is 0. The first kappa shape index (κ1) is 10.2. The molecule has 0 saturated heterocycles. The molecule has 0 radical (unpaired) electrons. The molecule has 0 atom stereocenters. The van der Waals surface area contributed by atoms with Gasteiger partial charge < -0.3 is 0 Å². The van der Waals surface area contributed by atoms with Crippen LogP contribution < -0.4 is 0 Å². The van der Waals surface area contributed by atoms with E-state index >= 15 is 0 Å². The van der Waals surface area contributed by atoms with Gasteiger partial charge in [0.2, 0.25) is 0 Å². The van der Waals surface area contributed by atoms with E-state index in [0.29, 0.717) is 0 Å². The molecule has 0 amide bonds. The van der Waals surface area contributed by atoms with Gasteiger partial charge in [0, 0.05) is 16.8 Å². The van der Waals surface area contributed by atoms with E-state index in [-0.39, 0.29) is 0 Å². The number of pyridine rings is 1. The number of aryl methyl sites for hydroxylation is 1. The van der Waals surface area contributed by atoms with Crippen molar-refractivity contribution in [2.45, 2.75) is 17.6 Å². The van der Waals surface area contributed by atoms with Crippen LogP contribution in [0, 0.1) is 6.92 Å². The van der Waals surface area contributed by atoms with Crippen LogP contribution in [0.2, 0.25) is 0 Å². The summed E-state index contributed by atoms with van der Waals surface area (Å²) in [6.07, 6.45) is 1.86. The molecule has 0 aliphatic rings. The van der Waals surface area contributed by atoms with E-state index in [1.165, 1.54) is 16.2 Å². The van der Waals surface area contributed by atoms with E-state index < -0.39 is 0 Å². The Morgan fingerprint density at radius 2 is 1.87 bits per heavy atom. The van der Waals surface area contributed by atoms with Crippen molar-refractivity contribution < 1.29 is 0 Å². The second kappa shape index (κ2) is 4.99. The first-order valence-corrected chi connectivity index (χ1v) is 5.93. The molecule has 0 aliphatic heterocycles. The third-order valence-corrected chi connectivity index (χ3v) is 3.26. The van der Waals surface area contributed by atoms with Crippen LogP contribution in [0.3, 0.4) is 0 Å². The molecule has 0 bridgehead atoms. The summed E-state index contributed by atoms with van der Waals surface area (Å²) >= 11 is 1.83. The lowest BCUT2D eigenvalue weighted by atomic mass is 10.2. The van der Waals surface area contributed by atoms with Crippen LogP contribution in [-0.2, 0) is 5.75 Å². The quantitative estimate of drug-likeness (QED) is 0.724. The third-order valence-electron chi connectivity index (χ3n) is 2.24. The number of benzene rings is 1. The lowest BCUT2D eigenvalue weighted by Gasteiger charge is -2.03. The maximum absolute atomic E-state index is 4.37. The van der Waals surface area contributed by atoms with Crippen LogP contribution in [-0.4, -0.2) is 4.98 Å². The Morgan fingerprint density at radius 3 is 2.60 bits per heavy atom. The van der Waals surface area contributed by atoms with E-state index in [4.69, 9.17) is 0 Å². The molecule has 0 fully saturated rings. The normalized spacial score (nSPS) is 10.2. The van der Waals surface area contributed by atoms with Gasteiger partial charge in [-0.15, -0.1) is 11.8 Å². The first-order chi connectivity index (χ1) is 7.36. The molecule has 1 nitrogen and oxygen atoms in total. The minimum atomic E-state index is 0.941. The lowest BCUT2D eigenvalue weighted by molar-refractivity contribution is 1.13. The zero-order chi connectivity index (χ0) is 10.5. The van der Waals surface area contributed by atoms with Gasteiger partial charge in [0.05, 0.1) is 5.69 Å². The molecule has 2 rings (SSSR count). The summed E-state index contributed by atoms with van der Waals surface area (Å²) in [5, 5.41) is 0. The Labute approximate surface area is 94.6 Å². The van der Waals surface area contributed by atoms with Crippen molar-refractivity contribution >= 4 is 11.8 Å². The highest BCUT2D eigenvalue weighted by atomic mass is 32.2. The van der Waals surface area contributed by atoms with Crippen LogP contribution >= 0.6 is 11.8 Å². The van der Waals surface area contributed by atoms with Gasteiger partial charge in [-0.25, -0.2) is 0 Å². The smallest absolute Gasteiger partial charge is 0.0535 e. The fraction of sp³-hybridized carbons (Fsp3) is 0.154. The fourth-order valence-corrected chi connectivity index (χ4v) is 2.29. The first-order valence-electron chi connectivity index (χ1n) is 4.94. The molecule has 1 aromatic carbocycles. The Hall–Kier alpha value is -1.28. The molecule has 2 aromatic rings. The lowest BCUT2D eigenvalue weighted by Crippen LogP contribution is -1.89. The topological polar surface area (TPSA) is 12.9 Å². The standard InChI is InChI=1S/C13H13NS/c1-11-6-5-9-14-13(11)10-15-12-7-3-2-4-8-12/h2-9H,10H2,1H3. The molecule has 2 heteroatoms. The van der Waals surface area contributed by atoms with Crippen molar-refractivity contribution in [3.05, 3.63) is 59.9 Å². The van der Waals surface area contributed by atoms with Crippen molar-refractivity contribution in [3.63, 3.8) is 0 Å². The summed E-state index contributed by atoms with van der Waals surface area (Å²) in [7, 11) is 0. The van der Waals surface area contributed by atoms with Crippen LogP contribution in [0.5, 0.6) is 0 Å². The minimum absolute atomic E-state index is 0.941. The molecule has 0 saturated carbocycles. The predicted octanol–water partition coefficient (Wildman–Crippen LogP) is 3.68. The summed E-state index contributed by atoms with van der Waals surface area (Å²) in [4.78, 5) is 5.67. The maximum atomic E-state index is 4.37. The summed E-state index contributed by atoms with van der Waals surface area (Å²) in [6, 6.07) is 14.5. The molecule has 1 heterocycles. The Balaban J connectivity index is 2.03. The van der Waals surface area contributed by atoms with Crippen molar-refractivity contribution in [1.82, 2.24) is 4.98 Å². The average Bonchev–Trinajstić information content (AvgIpc) is 2.29. The predicted molar refractivity (Wildman–Crippen MR) is 65.0 cm³/mol. The van der Waals surface area contributed by atoms with Crippen LogP contribution in [0.1, 0.15) is 11.3 Å². The zero-order valence-corrected chi connectivity index (χ0v) is 9.50. The molecule has 0 aliphatic carbocycles. The summed E-state index contributed by atoms with van der Waals surface area (Å²) in [5.74, 6) is 0.941. The SMILES string of the molecule is Cc1cccnc1CSc1ccccc1. The molecule has 15 heavy (non-hydrogen) atoms. The van der Waals surface area contributed by atoms with Crippen LogP contribution in [0.4, 0.5) is 0 Å². The van der Waals surface area contributed by atoms with E-state index in [1.807, 2.05) is 30.1 Å². The van der Waals surface area contributed by atoms with Gasteiger partial charge in [-0.05, 0) is 30.7 Å². The van der Waals surface area contributed by atoms with E-state index in [0.717, 1.165) is 5.75 Å². The number of hydrogen-bond donors (Lipinski definition) is 0. The molecule has 0 unspecified atom stereocenters. The fourth-order valence-electron chi connectivity index (χ4n) is 1.34. The van der Waals surface area contributed by atoms with Gasteiger partial charge in [0.15, 0.2) is 0 Å². The second-order valence-corrected chi connectivity index (χ2v) is 4.42. The van der Waals surface area contributed by atoms with Crippen molar-refractivity contribution in [2.24, 2.45) is 0 Å². The highest BCUT2D eigenvalue weighted by Crippen LogP contribution is 2.22. The second-order valence-electron chi connectivity index (χ2n) is 3.37. The third kappa shape index (κ3) is 2.83. The number of rotatable bonds is 3. The average molecular weight is 215 g/mol. The summed E-state index contributed by atoms with van der Waals surface area (Å²) in [6.45, 7) is 2.11. The highest BCUT2D eigenvalue weighted by molar-refractivity contribution is 7.98. The molecule has 76 valence electrons. The van der Waals surface area contributed by atoms with Gasteiger partial charge in [-0.2, -0.15) is 0 Å². The summed E-state index contributed by atoms with van der Waals surface area (Å²) in [5.41, 5.74) is 2.44. The maximum Gasteiger partial charge on any atom is 0.0535 e. The zero-order valence-electron chi connectivity index (χ0n) is 8.68. The van der Waals surface area contributed by atoms with Gasteiger partial charge in [0.1, 0.15) is 0 Å². The Morgan fingerprint density at radius 1 is 1.07 bits per heavy atom. The number of aromatic nitrogens is 1. The Bertz CT molecular complexity index is 426. The van der Waals surface area contributed by atoms with Crippen molar-refractivity contribution in [2.75, 3.05) is 0 Å². The van der Waals surface area contributed by atoms with Gasteiger partial charge in [0.25, 0.3) is 0 Å². The monoisotopic (exact) mass is 215 g/mol. The van der Waals surface area contributed by atoms with E-state index in [1.54, 1.807) is 0 Å². The molecular formula is C13H13NS. The largest absolute Gasteiger partial charge is 0.260 e. The molecule has 0 spiro atoms. The van der Waals surface area contributed by atoms with Crippen molar-refractivity contribution in [3.8, 4) is 0 Å². The van der Waals surface area contributed by atoms with Crippen molar-refractivity contribution in [1.29, 1.82) is 0 Å². The Kier molecular flexibility index (Phi) is 3.41. The molecular weight excluding hydrogens is 202 g/mol. The van der Waals surface area contributed by atoms with Crippen LogP contribution in [0.25, 0.3) is 0 Å². The minimum Gasteiger partial charge on any atom is -0.260 e. The molecule has 0 N–H and O–H groups in total. The van der Waals surface area contributed by atoms with Crippen LogP contribution in [0.15, 0.2) is 53.6 Å². The number of hydrogen-bond acceptors (Lipinski definition) is 2. The van der Waals surface area contributed by atoms with Gasteiger partial charge in [-0.3, -0.25) is 4.98 Å².